The Morgan fingerprint density at radius 2 is 1.15 bits per heavy atom. The van der Waals surface area contributed by atoms with Gasteiger partial charge in [-0.25, -0.2) is 13.0 Å². The van der Waals surface area contributed by atoms with Gasteiger partial charge in [0.1, 0.15) is 6.54 Å². The monoisotopic (exact) mass is 650 g/mol. The maximum Gasteiger partial charge on any atom is 0.256 e. The van der Waals surface area contributed by atoms with Crippen LogP contribution in [0.2, 0.25) is 0 Å². The van der Waals surface area contributed by atoms with Crippen molar-refractivity contribution in [1.82, 2.24) is 0 Å². The minimum atomic E-state index is -3.85. The minimum Gasteiger partial charge on any atom is -0.322 e. The summed E-state index contributed by atoms with van der Waals surface area (Å²) in [5.74, 6) is -0.699. The summed E-state index contributed by atoms with van der Waals surface area (Å²) in [5.41, 5.74) is 1.73. The molecule has 0 saturated carbocycles. The number of amides is 2. The molecule has 2 N–H and O–H groups in total. The third-order valence-electron chi connectivity index (χ3n) is 7.06. The lowest BCUT2D eigenvalue weighted by Crippen LogP contribution is -2.32. The lowest BCUT2D eigenvalue weighted by atomic mass is 10.2. The number of hydrogen-bond acceptors (Lipinski definition) is 6. The zero-order chi connectivity index (χ0) is 32.4. The third-order valence-corrected chi connectivity index (χ3v) is 9.85. The van der Waals surface area contributed by atoms with Gasteiger partial charge in [0, 0.05) is 46.8 Å². The van der Waals surface area contributed by atoms with E-state index in [4.69, 9.17) is 0 Å². The molecular formula is C36H32N3O5S2+. The number of nitrogens with one attached hydrogen (secondary N) is 2. The van der Waals surface area contributed by atoms with E-state index in [0.717, 1.165) is 31.1 Å². The van der Waals surface area contributed by atoms with Gasteiger partial charge in [-0.05, 0) is 79.2 Å². The summed E-state index contributed by atoms with van der Waals surface area (Å²) in [6, 6.07) is 33.3. The summed E-state index contributed by atoms with van der Waals surface area (Å²) in [5, 5.41) is 5.54. The van der Waals surface area contributed by atoms with Crippen LogP contribution in [-0.4, -0.2) is 25.3 Å². The van der Waals surface area contributed by atoms with Gasteiger partial charge in [0.25, 0.3) is 11.8 Å². The number of unbranched alkanes of at least 4 members (excludes halogenated alkanes) is 1. The second-order valence-electron chi connectivity index (χ2n) is 10.4. The Morgan fingerprint density at radius 3 is 1.78 bits per heavy atom. The van der Waals surface area contributed by atoms with Crippen LogP contribution in [0.1, 0.15) is 40.0 Å². The lowest BCUT2D eigenvalue weighted by molar-refractivity contribution is -0.697. The molecule has 0 aliphatic rings. The fraction of sp³-hybridized carbons (Fsp3) is 0.111. The number of thioether (sulfide) groups is 1. The topological polar surface area (TPSA) is 113 Å². The van der Waals surface area contributed by atoms with Gasteiger partial charge in [-0.2, -0.15) is 0 Å². The molecule has 0 aliphatic heterocycles. The van der Waals surface area contributed by atoms with Gasteiger partial charge in [-0.15, -0.1) is 0 Å². The number of rotatable bonds is 12. The molecule has 1 aromatic heterocycles. The maximum atomic E-state index is 13.2. The molecule has 46 heavy (non-hydrogen) atoms. The van der Waals surface area contributed by atoms with Crippen LogP contribution in [0.15, 0.2) is 148 Å². The quantitative estimate of drug-likeness (QED) is 0.0873. The highest BCUT2D eigenvalue weighted by atomic mass is 32.2. The fourth-order valence-electron chi connectivity index (χ4n) is 4.63. The van der Waals surface area contributed by atoms with E-state index < -0.39 is 15.7 Å². The molecule has 4 aromatic carbocycles. The van der Waals surface area contributed by atoms with E-state index in [-0.39, 0.29) is 20.8 Å². The summed E-state index contributed by atoms with van der Waals surface area (Å²) in [6.45, 7) is 0.832. The second-order valence-corrected chi connectivity index (χ2v) is 13.4. The first-order valence-electron chi connectivity index (χ1n) is 14.7. The Balaban J connectivity index is 1.17. The smallest absolute Gasteiger partial charge is 0.256 e. The van der Waals surface area contributed by atoms with E-state index in [9.17, 15) is 22.8 Å². The van der Waals surface area contributed by atoms with Crippen LogP contribution in [-0.2, 0) is 21.2 Å². The van der Waals surface area contributed by atoms with E-state index in [1.807, 2.05) is 36.7 Å². The Morgan fingerprint density at radius 1 is 0.609 bits per heavy atom. The molecule has 0 spiro atoms. The van der Waals surface area contributed by atoms with Crippen molar-refractivity contribution in [3.63, 3.8) is 0 Å². The third kappa shape index (κ3) is 8.56. The summed E-state index contributed by atoms with van der Waals surface area (Å²) in [4.78, 5) is 38.9. The summed E-state index contributed by atoms with van der Waals surface area (Å²) >= 11 is 1.05. The molecule has 0 atom stereocenters. The Labute approximate surface area is 272 Å². The van der Waals surface area contributed by atoms with Crippen LogP contribution in [0.4, 0.5) is 11.4 Å². The summed E-state index contributed by atoms with van der Waals surface area (Å²) < 4.78 is 28.6. The number of aromatic nitrogens is 1. The van der Waals surface area contributed by atoms with Crippen molar-refractivity contribution in [2.24, 2.45) is 0 Å². The van der Waals surface area contributed by atoms with Crippen molar-refractivity contribution in [3.05, 3.63) is 145 Å². The molecule has 0 unspecified atom stereocenters. The molecule has 2 amide bonds. The number of nitrogens with zero attached hydrogens (tertiary/aromatic N) is 1. The normalized spacial score (nSPS) is 11.0. The first-order valence-corrected chi connectivity index (χ1v) is 17.0. The highest BCUT2D eigenvalue weighted by Gasteiger charge is 2.19. The molecule has 10 heteroatoms. The largest absolute Gasteiger partial charge is 0.322 e. The zero-order valence-corrected chi connectivity index (χ0v) is 26.5. The number of anilines is 2. The van der Waals surface area contributed by atoms with Crippen LogP contribution in [0.3, 0.4) is 0 Å². The lowest BCUT2D eigenvalue weighted by Gasteiger charge is -2.11. The predicted octanol–water partition coefficient (Wildman–Crippen LogP) is 6.80. The zero-order valence-electron chi connectivity index (χ0n) is 24.8. The van der Waals surface area contributed by atoms with Crippen molar-refractivity contribution < 1.29 is 27.4 Å². The second kappa shape index (κ2) is 15.3. The maximum absolute atomic E-state index is 13.2. The molecule has 1 heterocycles. The Hall–Kier alpha value is -5.06. The SMILES string of the molecule is O=C(CCCC[n+]1ccccc1)Sc1ccccc1C(=O)Nc1ccc(S(=O)(=O)c2ccc(NC(=O)c3ccccc3)cc2)cc1. The van der Waals surface area contributed by atoms with Crippen LogP contribution >= 0.6 is 11.8 Å². The van der Waals surface area contributed by atoms with Crippen LogP contribution in [0.25, 0.3) is 0 Å². The molecule has 0 bridgehead atoms. The van der Waals surface area contributed by atoms with E-state index in [2.05, 4.69) is 15.2 Å². The van der Waals surface area contributed by atoms with Gasteiger partial charge < -0.3 is 10.6 Å². The number of aryl methyl sites for hydroxylation is 1. The van der Waals surface area contributed by atoms with E-state index in [1.54, 1.807) is 48.5 Å². The molecule has 232 valence electrons. The number of carbonyl (C=O) groups is 3. The molecule has 0 aliphatic carbocycles. The van der Waals surface area contributed by atoms with Gasteiger partial charge in [-0.1, -0.05) is 48.2 Å². The number of pyridine rings is 1. The van der Waals surface area contributed by atoms with Gasteiger partial charge in [-0.3, -0.25) is 14.4 Å². The van der Waals surface area contributed by atoms with Crippen LogP contribution in [0, 0.1) is 0 Å². The van der Waals surface area contributed by atoms with Crippen LogP contribution in [0.5, 0.6) is 0 Å². The number of benzene rings is 4. The van der Waals surface area contributed by atoms with Crippen molar-refractivity contribution in [3.8, 4) is 0 Å². The van der Waals surface area contributed by atoms with Gasteiger partial charge in [0.2, 0.25) is 9.84 Å². The average molecular weight is 651 g/mol. The highest BCUT2D eigenvalue weighted by molar-refractivity contribution is 8.13. The van der Waals surface area contributed by atoms with Gasteiger partial charge in [0.15, 0.2) is 17.5 Å². The molecule has 0 fully saturated rings. The minimum absolute atomic E-state index is 0.0144. The van der Waals surface area contributed by atoms with Crippen molar-refractivity contribution in [2.75, 3.05) is 10.6 Å². The molecule has 5 rings (SSSR count). The van der Waals surface area contributed by atoms with Crippen molar-refractivity contribution in [2.45, 2.75) is 40.5 Å². The number of carbonyl (C=O) groups excluding carboxylic acids is 3. The summed E-state index contributed by atoms with van der Waals surface area (Å²) in [7, 11) is -3.85. The summed E-state index contributed by atoms with van der Waals surface area (Å²) in [6.07, 6.45) is 6.00. The standard InChI is InChI=1S/C36H31N3O5S2/c40-34(15-7-10-26-39-24-8-2-9-25-39)45-33-14-6-5-13-32(33)36(42)38-29-18-22-31(23-19-29)46(43,44)30-20-16-28(17-21-30)37-35(41)27-11-3-1-4-12-27/h1-6,8-9,11-14,16-25H,7,10,15,26H2,(H-,37,38,41,42)/p+1. The molecule has 0 radical (unpaired) electrons. The molecule has 8 nitrogen and oxygen atoms in total. The Kier molecular flexibility index (Phi) is 10.7. The van der Waals surface area contributed by atoms with Crippen molar-refractivity contribution >= 4 is 49.9 Å². The first-order chi connectivity index (χ1) is 22.3. The van der Waals surface area contributed by atoms with Gasteiger partial charge in [0.05, 0.1) is 15.4 Å². The van der Waals surface area contributed by atoms with E-state index in [0.29, 0.717) is 33.8 Å². The fourth-order valence-corrected chi connectivity index (χ4v) is 6.80. The average Bonchev–Trinajstić information content (AvgIpc) is 3.08. The van der Waals surface area contributed by atoms with Crippen molar-refractivity contribution in [1.29, 1.82) is 0 Å². The van der Waals surface area contributed by atoms with E-state index in [1.165, 1.54) is 48.5 Å². The van der Waals surface area contributed by atoms with Crippen LogP contribution < -0.4 is 15.2 Å². The predicted molar refractivity (Wildman–Crippen MR) is 178 cm³/mol. The van der Waals surface area contributed by atoms with Gasteiger partial charge >= 0.3 is 0 Å². The molecular weight excluding hydrogens is 619 g/mol. The van der Waals surface area contributed by atoms with E-state index >= 15 is 0 Å². The number of hydrogen-bond donors (Lipinski definition) is 2. The first kappa shape index (κ1) is 32.3. The molecule has 0 saturated heterocycles. The highest BCUT2D eigenvalue weighted by Crippen LogP contribution is 2.27. The molecule has 5 aromatic rings. The Bertz CT molecular complexity index is 1910. The number of sulfone groups is 1.